The van der Waals surface area contributed by atoms with Crippen molar-refractivity contribution in [2.45, 2.75) is 0 Å². The standard InChI is InChI=1S/C62H36OS/c1-2-15-37(16-3-1)58-42-19-6-8-21-44(42)60(45-22-9-7-20-43(45)58)41-30-32-57-54(35-41)50-27-14-28-51(62(50)64-57)61-48-25-12-10-23-46(48)59(47-24-11-13-26-49(47)61)40-29-31-55-52(34-40)53-33-38-17-4-5-18-39(38)36-56(53)63-55/h1-36H. The fourth-order valence-corrected chi connectivity index (χ4v) is 12.1. The molecule has 0 radical (unpaired) electrons. The molecular formula is C62H36OS. The minimum Gasteiger partial charge on any atom is -0.456 e. The summed E-state index contributed by atoms with van der Waals surface area (Å²) in [5.41, 5.74) is 11.9. The highest BCUT2D eigenvalue weighted by Gasteiger charge is 2.22. The summed E-state index contributed by atoms with van der Waals surface area (Å²) < 4.78 is 9.06. The molecule has 14 rings (SSSR count). The number of fused-ring (bicyclic) bond motifs is 11. The zero-order valence-electron chi connectivity index (χ0n) is 34.6. The molecule has 0 saturated carbocycles. The first kappa shape index (κ1) is 35.5. The van der Waals surface area contributed by atoms with Crippen molar-refractivity contribution in [1.82, 2.24) is 0 Å². The van der Waals surface area contributed by atoms with E-state index in [9.17, 15) is 0 Å². The molecule has 2 heterocycles. The van der Waals surface area contributed by atoms with Crippen LogP contribution in [0.15, 0.2) is 223 Å². The number of furan rings is 1. The van der Waals surface area contributed by atoms with Gasteiger partial charge >= 0.3 is 0 Å². The largest absolute Gasteiger partial charge is 0.456 e. The highest BCUT2D eigenvalue weighted by Crippen LogP contribution is 2.50. The first-order valence-corrected chi connectivity index (χ1v) is 22.8. The SMILES string of the molecule is c1ccc(-c2c3ccccc3c(-c3ccc4sc5c(-c6c7ccccc7c(-c7ccc8oc9cc%10ccccc%10cc9c8c7)c7ccccc67)cccc5c4c3)c3ccccc23)cc1. The number of thiophene rings is 1. The van der Waals surface area contributed by atoms with Crippen molar-refractivity contribution in [3.63, 3.8) is 0 Å². The Morgan fingerprint density at radius 1 is 0.266 bits per heavy atom. The number of hydrogen-bond donors (Lipinski definition) is 0. The van der Waals surface area contributed by atoms with Crippen LogP contribution in [0.3, 0.4) is 0 Å². The van der Waals surface area contributed by atoms with E-state index in [4.69, 9.17) is 4.42 Å². The molecule has 1 nitrogen and oxygen atoms in total. The maximum atomic E-state index is 6.46. The molecule has 0 N–H and O–H groups in total. The third-order valence-electron chi connectivity index (χ3n) is 13.6. The van der Waals surface area contributed by atoms with Gasteiger partial charge in [-0.1, -0.05) is 182 Å². The maximum absolute atomic E-state index is 6.46. The lowest BCUT2D eigenvalue weighted by Crippen LogP contribution is -1.91. The van der Waals surface area contributed by atoms with Crippen molar-refractivity contribution in [2.75, 3.05) is 0 Å². The van der Waals surface area contributed by atoms with Gasteiger partial charge in [0, 0.05) is 36.5 Å². The first-order valence-electron chi connectivity index (χ1n) is 22.0. The highest BCUT2D eigenvalue weighted by molar-refractivity contribution is 7.26. The summed E-state index contributed by atoms with van der Waals surface area (Å²) in [5, 5.41) is 17.3. The smallest absolute Gasteiger partial charge is 0.136 e. The summed E-state index contributed by atoms with van der Waals surface area (Å²) in [6.45, 7) is 0. The van der Waals surface area contributed by atoms with Gasteiger partial charge in [0.05, 0.1) is 0 Å². The van der Waals surface area contributed by atoms with Crippen molar-refractivity contribution in [1.29, 1.82) is 0 Å². The van der Waals surface area contributed by atoms with E-state index in [1.54, 1.807) is 0 Å². The molecule has 0 aliphatic carbocycles. The molecule has 14 aromatic rings. The molecule has 0 aliphatic heterocycles. The van der Waals surface area contributed by atoms with Crippen LogP contribution in [0.2, 0.25) is 0 Å². The Kier molecular flexibility index (Phi) is 7.63. The van der Waals surface area contributed by atoms with Gasteiger partial charge in [0.15, 0.2) is 0 Å². The highest BCUT2D eigenvalue weighted by atomic mass is 32.1. The van der Waals surface area contributed by atoms with E-state index in [1.807, 2.05) is 11.3 Å². The van der Waals surface area contributed by atoms with Crippen LogP contribution in [0.5, 0.6) is 0 Å². The minimum absolute atomic E-state index is 0.907. The number of hydrogen-bond acceptors (Lipinski definition) is 2. The lowest BCUT2D eigenvalue weighted by Gasteiger charge is -2.18. The van der Waals surface area contributed by atoms with E-state index in [0.29, 0.717) is 0 Å². The van der Waals surface area contributed by atoms with Crippen LogP contribution in [-0.4, -0.2) is 0 Å². The summed E-state index contributed by atoms with van der Waals surface area (Å²) in [4.78, 5) is 0. The van der Waals surface area contributed by atoms with E-state index in [1.165, 1.54) is 119 Å². The Labute approximate surface area is 372 Å². The molecule has 0 unspecified atom stereocenters. The lowest BCUT2D eigenvalue weighted by molar-refractivity contribution is 0.669. The predicted molar refractivity (Wildman–Crippen MR) is 276 cm³/mol. The van der Waals surface area contributed by atoms with Crippen molar-refractivity contribution < 1.29 is 4.42 Å². The van der Waals surface area contributed by atoms with Gasteiger partial charge < -0.3 is 4.42 Å². The summed E-state index contributed by atoms with van der Waals surface area (Å²) in [6.07, 6.45) is 0. The Morgan fingerprint density at radius 2 is 0.719 bits per heavy atom. The van der Waals surface area contributed by atoms with E-state index in [0.717, 1.165) is 21.9 Å². The first-order chi connectivity index (χ1) is 31.7. The normalized spacial score (nSPS) is 12.1. The van der Waals surface area contributed by atoms with Crippen LogP contribution < -0.4 is 0 Å². The van der Waals surface area contributed by atoms with Crippen LogP contribution in [0.1, 0.15) is 0 Å². The average Bonchev–Trinajstić information content (AvgIpc) is 3.91. The van der Waals surface area contributed by atoms with Crippen LogP contribution in [0, 0.1) is 0 Å². The molecule has 64 heavy (non-hydrogen) atoms. The fraction of sp³-hybridized carbons (Fsp3) is 0. The van der Waals surface area contributed by atoms with E-state index >= 15 is 0 Å². The quantitative estimate of drug-likeness (QED) is 0.161. The lowest BCUT2D eigenvalue weighted by atomic mass is 9.85. The van der Waals surface area contributed by atoms with Crippen LogP contribution in [-0.2, 0) is 0 Å². The molecule has 0 amide bonds. The number of rotatable bonds is 4. The van der Waals surface area contributed by atoms with Crippen molar-refractivity contribution in [3.05, 3.63) is 218 Å². The van der Waals surface area contributed by atoms with Gasteiger partial charge in [-0.25, -0.2) is 0 Å². The van der Waals surface area contributed by atoms with Crippen molar-refractivity contribution in [3.8, 4) is 44.5 Å². The van der Waals surface area contributed by atoms with Gasteiger partial charge in [0.2, 0.25) is 0 Å². The molecule has 0 aliphatic rings. The third-order valence-corrected chi connectivity index (χ3v) is 14.8. The third kappa shape index (κ3) is 5.18. The zero-order valence-corrected chi connectivity index (χ0v) is 35.4. The Hall–Kier alpha value is -8.04. The minimum atomic E-state index is 0.907. The number of benzene rings is 12. The summed E-state index contributed by atoms with van der Waals surface area (Å²) >= 11 is 1.91. The second-order valence-corrected chi connectivity index (χ2v) is 18.1. The molecular weight excluding hydrogens is 793 g/mol. The molecule has 0 atom stereocenters. The molecule has 0 bridgehead atoms. The van der Waals surface area contributed by atoms with Crippen molar-refractivity contribution >= 4 is 107 Å². The monoisotopic (exact) mass is 828 g/mol. The summed E-state index contributed by atoms with van der Waals surface area (Å²) in [7, 11) is 0. The van der Waals surface area contributed by atoms with Gasteiger partial charge in [0.25, 0.3) is 0 Å². The summed E-state index contributed by atoms with van der Waals surface area (Å²) in [5.74, 6) is 0. The Bertz CT molecular complexity index is 4130. The molecule has 2 heteroatoms. The van der Waals surface area contributed by atoms with Crippen LogP contribution >= 0.6 is 11.3 Å². The predicted octanol–water partition coefficient (Wildman–Crippen LogP) is 18.4. The van der Waals surface area contributed by atoms with Gasteiger partial charge in [0.1, 0.15) is 11.2 Å². The Balaban J connectivity index is 0.985. The maximum Gasteiger partial charge on any atom is 0.136 e. The van der Waals surface area contributed by atoms with Gasteiger partial charge in [-0.05, 0) is 129 Å². The second kappa shape index (κ2) is 13.7. The molecule has 0 fully saturated rings. The van der Waals surface area contributed by atoms with E-state index < -0.39 is 0 Å². The van der Waals surface area contributed by atoms with Crippen molar-refractivity contribution in [2.24, 2.45) is 0 Å². The Morgan fingerprint density at radius 3 is 1.31 bits per heavy atom. The van der Waals surface area contributed by atoms with Gasteiger partial charge in [-0.3, -0.25) is 0 Å². The van der Waals surface area contributed by atoms with Crippen LogP contribution in [0.4, 0.5) is 0 Å². The zero-order chi connectivity index (χ0) is 41.9. The molecule has 296 valence electrons. The molecule has 0 saturated heterocycles. The van der Waals surface area contributed by atoms with E-state index in [-0.39, 0.29) is 0 Å². The molecule has 12 aromatic carbocycles. The second-order valence-electron chi connectivity index (χ2n) is 17.1. The average molecular weight is 829 g/mol. The van der Waals surface area contributed by atoms with Crippen LogP contribution in [0.25, 0.3) is 140 Å². The summed E-state index contributed by atoms with van der Waals surface area (Å²) in [6, 6.07) is 80.5. The molecule has 2 aromatic heterocycles. The van der Waals surface area contributed by atoms with Gasteiger partial charge in [-0.2, -0.15) is 0 Å². The molecule has 0 spiro atoms. The van der Waals surface area contributed by atoms with E-state index in [2.05, 4.69) is 218 Å². The fourth-order valence-electron chi connectivity index (χ4n) is 10.9. The topological polar surface area (TPSA) is 13.1 Å². The van der Waals surface area contributed by atoms with Gasteiger partial charge in [-0.15, -0.1) is 11.3 Å².